The molecule has 1 aromatic carbocycles. The molecule has 22 heavy (non-hydrogen) atoms. The Kier molecular flexibility index (Phi) is 4.70. The molecule has 116 valence electrons. The van der Waals surface area contributed by atoms with Crippen LogP contribution in [0.1, 0.15) is 24.4 Å². The summed E-state index contributed by atoms with van der Waals surface area (Å²) in [6, 6.07) is 9.03. The summed E-state index contributed by atoms with van der Waals surface area (Å²) in [4.78, 5) is 12.8. The van der Waals surface area contributed by atoms with E-state index in [1.807, 2.05) is 0 Å². The van der Waals surface area contributed by atoms with Crippen molar-refractivity contribution in [2.24, 2.45) is 0 Å². The normalized spacial score (nSPS) is 18.5. The number of non-ortho nitro benzene ring substituents is 1. The minimum absolute atomic E-state index is 0.0647. The molecule has 5 nitrogen and oxygen atoms in total. The Bertz CT molecular complexity index is 630. The van der Waals surface area contributed by atoms with E-state index < -0.39 is 4.92 Å². The maximum Gasteiger partial charge on any atom is 0.273 e. The summed E-state index contributed by atoms with van der Waals surface area (Å²) in [6.07, 6.45) is 2.39. The molecule has 3 rings (SSSR count). The van der Waals surface area contributed by atoms with E-state index in [0.29, 0.717) is 18.4 Å². The predicted molar refractivity (Wildman–Crippen MR) is 86.5 cm³/mol. The van der Waals surface area contributed by atoms with Crippen LogP contribution in [0.2, 0.25) is 0 Å². The fourth-order valence-corrected chi connectivity index (χ4v) is 3.61. The van der Waals surface area contributed by atoms with Gasteiger partial charge < -0.3 is 4.74 Å². The zero-order valence-corrected chi connectivity index (χ0v) is 13.0. The summed E-state index contributed by atoms with van der Waals surface area (Å²) in [5, 5.41) is 15.1. The van der Waals surface area contributed by atoms with E-state index in [2.05, 4.69) is 21.7 Å². The van der Waals surface area contributed by atoms with E-state index in [4.69, 9.17) is 4.74 Å². The SMILES string of the molecule is O=[N+]([O-])c1cccc(OCCN2CCC[C@H]2c2ccsc2)c1. The summed E-state index contributed by atoms with van der Waals surface area (Å²) in [6.45, 7) is 2.46. The molecule has 2 aromatic rings. The van der Waals surface area contributed by atoms with E-state index >= 15 is 0 Å². The lowest BCUT2D eigenvalue weighted by Gasteiger charge is -2.23. The second kappa shape index (κ2) is 6.89. The van der Waals surface area contributed by atoms with Gasteiger partial charge in [0.25, 0.3) is 5.69 Å². The van der Waals surface area contributed by atoms with Gasteiger partial charge in [0, 0.05) is 18.7 Å². The highest BCUT2D eigenvalue weighted by atomic mass is 32.1. The molecule has 2 heterocycles. The Morgan fingerprint density at radius 1 is 1.41 bits per heavy atom. The van der Waals surface area contributed by atoms with Crippen LogP contribution in [-0.2, 0) is 0 Å². The third-order valence-corrected chi connectivity index (χ3v) is 4.67. The van der Waals surface area contributed by atoms with Crippen molar-refractivity contribution in [3.8, 4) is 5.75 Å². The number of ether oxygens (including phenoxy) is 1. The first kappa shape index (κ1) is 15.0. The molecule has 0 bridgehead atoms. The van der Waals surface area contributed by atoms with E-state index in [-0.39, 0.29) is 5.69 Å². The highest BCUT2D eigenvalue weighted by Gasteiger charge is 2.25. The minimum atomic E-state index is -0.403. The molecule has 0 aliphatic carbocycles. The molecule has 0 amide bonds. The highest BCUT2D eigenvalue weighted by molar-refractivity contribution is 7.07. The van der Waals surface area contributed by atoms with E-state index in [1.165, 1.54) is 30.5 Å². The van der Waals surface area contributed by atoms with Crippen molar-refractivity contribution in [2.45, 2.75) is 18.9 Å². The van der Waals surface area contributed by atoms with Crippen molar-refractivity contribution in [2.75, 3.05) is 19.7 Å². The standard InChI is InChI=1S/C16H18N2O3S/c19-18(20)14-3-1-4-15(11-14)21-9-8-17-7-2-5-16(17)13-6-10-22-12-13/h1,3-4,6,10-12,16H,2,5,7-9H2/t16-/m0/s1. The van der Waals surface area contributed by atoms with Crippen LogP contribution < -0.4 is 4.74 Å². The van der Waals surface area contributed by atoms with Crippen LogP contribution in [0, 0.1) is 10.1 Å². The Labute approximate surface area is 133 Å². The van der Waals surface area contributed by atoms with Gasteiger partial charge in [0.15, 0.2) is 0 Å². The average molecular weight is 318 g/mol. The molecule has 0 saturated carbocycles. The third kappa shape index (κ3) is 3.45. The van der Waals surface area contributed by atoms with Gasteiger partial charge in [-0.05, 0) is 47.8 Å². The lowest BCUT2D eigenvalue weighted by molar-refractivity contribution is -0.384. The van der Waals surface area contributed by atoms with Crippen molar-refractivity contribution < 1.29 is 9.66 Å². The molecular weight excluding hydrogens is 300 g/mol. The lowest BCUT2D eigenvalue weighted by Crippen LogP contribution is -2.27. The van der Waals surface area contributed by atoms with Gasteiger partial charge >= 0.3 is 0 Å². The molecule has 1 saturated heterocycles. The van der Waals surface area contributed by atoms with Crippen molar-refractivity contribution in [1.82, 2.24) is 4.90 Å². The van der Waals surface area contributed by atoms with Gasteiger partial charge in [0.2, 0.25) is 0 Å². The van der Waals surface area contributed by atoms with Crippen LogP contribution in [0.4, 0.5) is 5.69 Å². The van der Waals surface area contributed by atoms with Crippen LogP contribution in [0.3, 0.4) is 0 Å². The number of rotatable bonds is 6. The van der Waals surface area contributed by atoms with Crippen molar-refractivity contribution in [3.63, 3.8) is 0 Å². The van der Waals surface area contributed by atoms with Gasteiger partial charge in [-0.25, -0.2) is 0 Å². The molecule has 0 unspecified atom stereocenters. The largest absolute Gasteiger partial charge is 0.492 e. The lowest BCUT2D eigenvalue weighted by atomic mass is 10.1. The first-order valence-corrected chi connectivity index (χ1v) is 8.32. The number of benzene rings is 1. The zero-order valence-electron chi connectivity index (χ0n) is 12.2. The fraction of sp³-hybridized carbons (Fsp3) is 0.375. The summed E-state index contributed by atoms with van der Waals surface area (Å²) in [5.41, 5.74) is 1.45. The number of nitro benzene ring substituents is 1. The topological polar surface area (TPSA) is 55.6 Å². The Morgan fingerprint density at radius 2 is 2.32 bits per heavy atom. The summed E-state index contributed by atoms with van der Waals surface area (Å²) in [7, 11) is 0. The van der Waals surface area contributed by atoms with Gasteiger partial charge in [-0.2, -0.15) is 11.3 Å². The fourth-order valence-electron chi connectivity index (χ4n) is 2.90. The van der Waals surface area contributed by atoms with Gasteiger partial charge in [0.1, 0.15) is 12.4 Å². The first-order chi connectivity index (χ1) is 10.7. The van der Waals surface area contributed by atoms with Crippen LogP contribution in [-0.4, -0.2) is 29.5 Å². The molecule has 1 aromatic heterocycles. The number of hydrogen-bond acceptors (Lipinski definition) is 5. The smallest absolute Gasteiger partial charge is 0.273 e. The molecular formula is C16H18N2O3S. The van der Waals surface area contributed by atoms with E-state index in [9.17, 15) is 10.1 Å². The van der Waals surface area contributed by atoms with Gasteiger partial charge in [-0.1, -0.05) is 6.07 Å². The van der Waals surface area contributed by atoms with Crippen molar-refractivity contribution >= 4 is 17.0 Å². The number of likely N-dealkylation sites (tertiary alicyclic amines) is 1. The molecule has 0 radical (unpaired) electrons. The third-order valence-electron chi connectivity index (χ3n) is 3.97. The van der Waals surface area contributed by atoms with Crippen LogP contribution in [0.25, 0.3) is 0 Å². The summed E-state index contributed by atoms with van der Waals surface area (Å²) < 4.78 is 5.68. The molecule has 6 heteroatoms. The maximum absolute atomic E-state index is 10.8. The molecule has 1 fully saturated rings. The van der Waals surface area contributed by atoms with Crippen molar-refractivity contribution in [1.29, 1.82) is 0 Å². The van der Waals surface area contributed by atoms with Gasteiger partial charge in [-0.3, -0.25) is 15.0 Å². The number of thiophene rings is 1. The Hall–Kier alpha value is -1.92. The predicted octanol–water partition coefficient (Wildman–Crippen LogP) is 3.87. The molecule has 1 atom stereocenters. The number of nitrogens with zero attached hydrogens (tertiary/aromatic N) is 2. The molecule has 0 N–H and O–H groups in total. The minimum Gasteiger partial charge on any atom is -0.492 e. The van der Waals surface area contributed by atoms with E-state index in [0.717, 1.165) is 13.1 Å². The molecule has 0 spiro atoms. The van der Waals surface area contributed by atoms with E-state index in [1.54, 1.807) is 23.5 Å². The monoisotopic (exact) mass is 318 g/mol. The van der Waals surface area contributed by atoms with Crippen LogP contribution in [0.15, 0.2) is 41.1 Å². The molecule has 1 aliphatic rings. The van der Waals surface area contributed by atoms with Gasteiger partial charge in [0.05, 0.1) is 11.0 Å². The summed E-state index contributed by atoms with van der Waals surface area (Å²) in [5.74, 6) is 0.556. The second-order valence-electron chi connectivity index (χ2n) is 5.35. The Balaban J connectivity index is 1.54. The number of hydrogen-bond donors (Lipinski definition) is 0. The van der Waals surface area contributed by atoms with Gasteiger partial charge in [-0.15, -0.1) is 0 Å². The zero-order chi connectivity index (χ0) is 15.4. The second-order valence-corrected chi connectivity index (χ2v) is 6.13. The van der Waals surface area contributed by atoms with Crippen molar-refractivity contribution in [3.05, 3.63) is 56.8 Å². The molecule has 1 aliphatic heterocycles. The average Bonchev–Trinajstić information content (AvgIpc) is 3.18. The highest BCUT2D eigenvalue weighted by Crippen LogP contribution is 2.32. The quantitative estimate of drug-likeness (QED) is 0.599. The Morgan fingerprint density at radius 3 is 3.09 bits per heavy atom. The van der Waals surface area contributed by atoms with Crippen LogP contribution in [0.5, 0.6) is 5.75 Å². The number of nitro groups is 1. The van der Waals surface area contributed by atoms with Crippen LogP contribution >= 0.6 is 11.3 Å². The summed E-state index contributed by atoms with van der Waals surface area (Å²) >= 11 is 1.73. The maximum atomic E-state index is 10.8. The first-order valence-electron chi connectivity index (χ1n) is 7.37.